The number of fused-ring (bicyclic) bond motifs is 1. The average molecular weight is 459 g/mol. The summed E-state index contributed by atoms with van der Waals surface area (Å²) in [7, 11) is 3.08. The van der Waals surface area contributed by atoms with Crippen LogP contribution in [0.3, 0.4) is 0 Å². The molecule has 1 atom stereocenters. The first-order valence-corrected chi connectivity index (χ1v) is 10.0. The minimum absolute atomic E-state index is 0.0993. The van der Waals surface area contributed by atoms with Crippen LogP contribution in [-0.2, 0) is 10.3 Å². The number of guanidine groups is 1. The van der Waals surface area contributed by atoms with E-state index in [2.05, 4.69) is 20.6 Å². The van der Waals surface area contributed by atoms with Crippen LogP contribution in [0.5, 0.6) is 0 Å². The van der Waals surface area contributed by atoms with Crippen molar-refractivity contribution in [3.05, 3.63) is 52.8 Å². The third-order valence-electron chi connectivity index (χ3n) is 5.44. The smallest absolute Gasteiger partial charge is 0.434 e. The molecule has 2 aromatic carbocycles. The van der Waals surface area contributed by atoms with Crippen LogP contribution >= 0.6 is 11.6 Å². The van der Waals surface area contributed by atoms with Gasteiger partial charge in [-0.3, -0.25) is 14.3 Å². The molecule has 0 bridgehead atoms. The maximum Gasteiger partial charge on any atom is 0.434 e. The van der Waals surface area contributed by atoms with Gasteiger partial charge in [0, 0.05) is 24.7 Å². The Kier molecular flexibility index (Phi) is 5.25. The second-order valence-corrected chi connectivity index (χ2v) is 8.03. The summed E-state index contributed by atoms with van der Waals surface area (Å²) in [6.07, 6.45) is -1.57. The van der Waals surface area contributed by atoms with Crippen LogP contribution in [-0.4, -0.2) is 51.6 Å². The highest BCUT2D eigenvalue weighted by molar-refractivity contribution is 6.31. The Morgan fingerprint density at radius 2 is 2.12 bits per heavy atom. The van der Waals surface area contributed by atoms with Crippen molar-refractivity contribution in [1.29, 1.82) is 0 Å². The highest BCUT2D eigenvalue weighted by atomic mass is 35.5. The van der Waals surface area contributed by atoms with E-state index < -0.39 is 23.4 Å². The number of hydrogen-bond donors (Lipinski definition) is 3. The number of carbonyl (C=O) groups excluding carboxylic acids is 1. The van der Waals surface area contributed by atoms with Crippen LogP contribution in [0.15, 0.2) is 41.4 Å². The largest absolute Gasteiger partial charge is 0.463 e. The van der Waals surface area contributed by atoms with Crippen LogP contribution in [0.4, 0.5) is 15.1 Å². The topological polar surface area (TPSA) is 112 Å². The third kappa shape index (κ3) is 3.52. The molecule has 0 radical (unpaired) electrons. The Labute approximate surface area is 187 Å². The molecule has 11 heteroatoms. The van der Waals surface area contributed by atoms with E-state index in [-0.39, 0.29) is 23.6 Å². The molecule has 0 unspecified atom stereocenters. The fourth-order valence-corrected chi connectivity index (χ4v) is 4.02. The van der Waals surface area contributed by atoms with Gasteiger partial charge in [0.15, 0.2) is 5.82 Å². The Balaban J connectivity index is 1.89. The maximum absolute atomic E-state index is 16.0. The number of carboxylic acid groups (broad SMARTS) is 1. The summed E-state index contributed by atoms with van der Waals surface area (Å²) in [6.45, 7) is 1.62. The van der Waals surface area contributed by atoms with Crippen molar-refractivity contribution in [2.75, 3.05) is 19.4 Å². The lowest BCUT2D eigenvalue weighted by molar-refractivity contribution is -0.129. The predicted octanol–water partition coefficient (Wildman–Crippen LogP) is 3.56. The van der Waals surface area contributed by atoms with E-state index in [9.17, 15) is 9.59 Å². The van der Waals surface area contributed by atoms with Gasteiger partial charge in [-0.15, -0.1) is 4.99 Å². The number of carbonyl (C=O) groups is 2. The molecule has 166 valence electrons. The Morgan fingerprint density at radius 3 is 2.81 bits per heavy atom. The number of benzene rings is 2. The highest BCUT2D eigenvalue weighted by Gasteiger charge is 2.41. The molecular formula is C21H20ClFN6O3. The standard InChI is InChI=1S/C21H20ClFN6O3/c1-21(10-16(30)28(3)19(27-21)26-20(31)32)12-5-4-6-14(17(12)23)29-15-9-11(22)7-8-13(15)25-18(29)24-2/h4-9H,10H2,1-3H3,(H,24,25)(H,26,27)(H,31,32)/t21-/m0/s1. The molecule has 4 rings (SSSR count). The number of halogens is 2. The predicted molar refractivity (Wildman–Crippen MR) is 119 cm³/mol. The number of aliphatic imine (C=N–C) groups is 1. The SMILES string of the molecule is CNc1nc2ccc(Cl)cc2n1-c1cccc([C@]2(C)CC(=O)N(C)/C(=N/C(=O)O)N2)c1F. The molecule has 3 N–H and O–H groups in total. The molecule has 2 amide bonds. The number of rotatable bonds is 3. The van der Waals surface area contributed by atoms with Gasteiger partial charge in [0.2, 0.25) is 17.8 Å². The van der Waals surface area contributed by atoms with Gasteiger partial charge < -0.3 is 15.7 Å². The second-order valence-electron chi connectivity index (χ2n) is 7.60. The van der Waals surface area contributed by atoms with Gasteiger partial charge in [-0.2, -0.15) is 0 Å². The normalized spacial score (nSPS) is 20.0. The Bertz CT molecular complexity index is 1290. The lowest BCUT2D eigenvalue weighted by Gasteiger charge is -2.40. The zero-order chi connectivity index (χ0) is 23.2. The first-order chi connectivity index (χ1) is 15.1. The molecule has 2 heterocycles. The quantitative estimate of drug-likeness (QED) is 0.553. The van der Waals surface area contributed by atoms with E-state index in [1.54, 1.807) is 54.9 Å². The van der Waals surface area contributed by atoms with Gasteiger partial charge in [-0.25, -0.2) is 14.2 Å². The molecule has 1 aliphatic rings. The van der Waals surface area contributed by atoms with Crippen LogP contribution in [0.1, 0.15) is 18.9 Å². The summed E-state index contributed by atoms with van der Waals surface area (Å²) < 4.78 is 17.6. The van der Waals surface area contributed by atoms with E-state index in [1.165, 1.54) is 7.05 Å². The summed E-state index contributed by atoms with van der Waals surface area (Å²) in [5.74, 6) is -0.752. The zero-order valence-corrected chi connectivity index (χ0v) is 18.2. The number of amides is 2. The summed E-state index contributed by atoms with van der Waals surface area (Å²) in [6, 6.07) is 9.93. The van der Waals surface area contributed by atoms with Gasteiger partial charge in [0.05, 0.1) is 28.7 Å². The summed E-state index contributed by atoms with van der Waals surface area (Å²) in [4.78, 5) is 32.7. The molecule has 3 aromatic rings. The van der Waals surface area contributed by atoms with Crippen molar-refractivity contribution >= 4 is 46.5 Å². The fraction of sp³-hybridized carbons (Fsp3) is 0.238. The fourth-order valence-electron chi connectivity index (χ4n) is 3.85. The lowest BCUT2D eigenvalue weighted by atomic mass is 9.86. The molecule has 32 heavy (non-hydrogen) atoms. The molecule has 1 saturated heterocycles. The number of aromatic nitrogens is 2. The van der Waals surface area contributed by atoms with Crippen molar-refractivity contribution in [1.82, 2.24) is 19.8 Å². The van der Waals surface area contributed by atoms with Crippen LogP contribution in [0.2, 0.25) is 5.02 Å². The summed E-state index contributed by atoms with van der Waals surface area (Å²) >= 11 is 6.16. The van der Waals surface area contributed by atoms with E-state index in [0.29, 0.717) is 22.0 Å². The minimum atomic E-state index is -1.47. The molecule has 0 aliphatic carbocycles. The van der Waals surface area contributed by atoms with Crippen LogP contribution in [0.25, 0.3) is 16.7 Å². The van der Waals surface area contributed by atoms with E-state index in [4.69, 9.17) is 16.7 Å². The van der Waals surface area contributed by atoms with Gasteiger partial charge in [-0.1, -0.05) is 23.7 Å². The monoisotopic (exact) mass is 458 g/mol. The van der Waals surface area contributed by atoms with E-state index in [0.717, 1.165) is 4.90 Å². The molecule has 9 nitrogen and oxygen atoms in total. The van der Waals surface area contributed by atoms with Gasteiger partial charge >= 0.3 is 6.09 Å². The van der Waals surface area contributed by atoms with Gasteiger partial charge in [0.25, 0.3) is 0 Å². The number of nitrogens with one attached hydrogen (secondary N) is 2. The van der Waals surface area contributed by atoms with Crippen molar-refractivity contribution in [3.63, 3.8) is 0 Å². The number of imidazole rings is 1. The van der Waals surface area contributed by atoms with Crippen molar-refractivity contribution in [3.8, 4) is 5.69 Å². The van der Waals surface area contributed by atoms with E-state index in [1.807, 2.05) is 0 Å². The van der Waals surface area contributed by atoms with Gasteiger partial charge in [0.1, 0.15) is 0 Å². The first-order valence-electron chi connectivity index (χ1n) is 9.66. The first kappa shape index (κ1) is 21.6. The third-order valence-corrected chi connectivity index (χ3v) is 5.67. The van der Waals surface area contributed by atoms with Gasteiger partial charge in [-0.05, 0) is 31.2 Å². The molecule has 0 saturated carbocycles. The molecule has 0 spiro atoms. The highest BCUT2D eigenvalue weighted by Crippen LogP contribution is 2.35. The Morgan fingerprint density at radius 1 is 1.38 bits per heavy atom. The number of nitrogens with zero attached hydrogens (tertiary/aromatic N) is 4. The summed E-state index contributed by atoms with van der Waals surface area (Å²) in [5, 5.41) is 15.4. The molecule has 1 aliphatic heterocycles. The summed E-state index contributed by atoms with van der Waals surface area (Å²) in [5.41, 5.74) is 0.372. The molecule has 1 fully saturated rings. The molecule has 1 aromatic heterocycles. The zero-order valence-electron chi connectivity index (χ0n) is 17.5. The Hall–Kier alpha value is -3.66. The van der Waals surface area contributed by atoms with Crippen LogP contribution < -0.4 is 10.6 Å². The van der Waals surface area contributed by atoms with Crippen molar-refractivity contribution < 1.29 is 19.1 Å². The van der Waals surface area contributed by atoms with Crippen molar-refractivity contribution in [2.45, 2.75) is 18.9 Å². The maximum atomic E-state index is 16.0. The molecular weight excluding hydrogens is 439 g/mol. The second kappa shape index (κ2) is 7.79. The number of anilines is 1. The van der Waals surface area contributed by atoms with E-state index >= 15 is 4.39 Å². The average Bonchev–Trinajstić information content (AvgIpc) is 3.09. The lowest BCUT2D eigenvalue weighted by Crippen LogP contribution is -2.59. The van der Waals surface area contributed by atoms with Crippen LogP contribution in [0, 0.1) is 5.82 Å². The van der Waals surface area contributed by atoms with Crippen molar-refractivity contribution in [2.24, 2.45) is 4.99 Å². The minimum Gasteiger partial charge on any atom is -0.463 e. The number of hydrogen-bond acceptors (Lipinski definition) is 4.